The van der Waals surface area contributed by atoms with Crippen LogP contribution in [0.4, 0.5) is 11.9 Å². The van der Waals surface area contributed by atoms with Gasteiger partial charge in [-0.15, -0.1) is 0 Å². The largest absolute Gasteiger partial charge is 0.376 e. The third kappa shape index (κ3) is 4.32. The minimum atomic E-state index is -0.201. The lowest BCUT2D eigenvalue weighted by molar-refractivity contribution is 0.120. The zero-order valence-electron chi connectivity index (χ0n) is 16.6. The van der Waals surface area contributed by atoms with Gasteiger partial charge in [-0.25, -0.2) is 15.0 Å². The first-order valence-electron chi connectivity index (χ1n) is 10.1. The Bertz CT molecular complexity index is 869. The van der Waals surface area contributed by atoms with Crippen LogP contribution in [0.1, 0.15) is 38.3 Å². The summed E-state index contributed by atoms with van der Waals surface area (Å²) in [6, 6.07) is 1.49. The van der Waals surface area contributed by atoms with Gasteiger partial charge in [-0.05, 0) is 38.5 Å². The fourth-order valence-electron chi connectivity index (χ4n) is 3.76. The van der Waals surface area contributed by atoms with Crippen LogP contribution in [0.25, 0.3) is 11.3 Å². The van der Waals surface area contributed by atoms with Crippen molar-refractivity contribution in [2.45, 2.75) is 45.6 Å². The summed E-state index contributed by atoms with van der Waals surface area (Å²) in [5, 5.41) is 3.18. The van der Waals surface area contributed by atoms with Crippen LogP contribution in [0.5, 0.6) is 0 Å². The molecule has 0 radical (unpaired) electrons. The number of aromatic amines is 1. The number of H-pyrrole nitrogens is 1. The van der Waals surface area contributed by atoms with Crippen molar-refractivity contribution in [2.24, 2.45) is 5.92 Å². The lowest BCUT2D eigenvalue weighted by atomic mass is 10.00. The summed E-state index contributed by atoms with van der Waals surface area (Å²) in [5.41, 5.74) is 1.98. The van der Waals surface area contributed by atoms with Gasteiger partial charge in [0.2, 0.25) is 11.9 Å². The number of nitrogens with zero attached hydrogens (tertiary/aromatic N) is 4. The number of nitrogens with one attached hydrogen (secondary N) is 2. The smallest absolute Gasteiger partial charge is 0.252 e. The van der Waals surface area contributed by atoms with E-state index in [1.54, 1.807) is 6.20 Å². The van der Waals surface area contributed by atoms with Crippen LogP contribution in [-0.2, 0) is 4.74 Å². The first kappa shape index (κ1) is 18.9. The average Bonchev–Trinajstić information content (AvgIpc) is 3.20. The highest BCUT2D eigenvalue weighted by Gasteiger charge is 2.19. The van der Waals surface area contributed by atoms with E-state index in [2.05, 4.69) is 37.1 Å². The molecule has 28 heavy (non-hydrogen) atoms. The molecule has 0 aromatic carbocycles. The first-order valence-corrected chi connectivity index (χ1v) is 10.1. The molecule has 2 aliphatic rings. The monoisotopic (exact) mass is 384 g/mol. The molecule has 2 aliphatic heterocycles. The van der Waals surface area contributed by atoms with Gasteiger partial charge in [0.25, 0.3) is 5.56 Å². The second-order valence-electron chi connectivity index (χ2n) is 7.83. The molecule has 0 unspecified atom stereocenters. The first-order chi connectivity index (χ1) is 13.6. The maximum Gasteiger partial charge on any atom is 0.252 e. The zero-order valence-corrected chi connectivity index (χ0v) is 16.6. The van der Waals surface area contributed by atoms with Crippen molar-refractivity contribution in [3.63, 3.8) is 0 Å². The van der Waals surface area contributed by atoms with Crippen LogP contribution in [0, 0.1) is 12.8 Å². The molecule has 0 spiro atoms. The molecule has 2 N–H and O–H groups in total. The second kappa shape index (κ2) is 8.26. The normalized spacial score (nSPS) is 20.5. The van der Waals surface area contributed by atoms with Gasteiger partial charge in [-0.3, -0.25) is 9.78 Å². The van der Waals surface area contributed by atoms with Gasteiger partial charge in [0.1, 0.15) is 0 Å². The van der Waals surface area contributed by atoms with Crippen LogP contribution in [0.3, 0.4) is 0 Å². The molecule has 2 aromatic rings. The Balaban J connectivity index is 1.52. The Labute approximate surface area is 164 Å². The minimum absolute atomic E-state index is 0.172. The van der Waals surface area contributed by atoms with E-state index in [9.17, 15) is 4.79 Å². The molecule has 0 amide bonds. The number of hydrogen-bond acceptors (Lipinski definition) is 7. The van der Waals surface area contributed by atoms with E-state index >= 15 is 0 Å². The Morgan fingerprint density at radius 2 is 2.11 bits per heavy atom. The van der Waals surface area contributed by atoms with Crippen molar-refractivity contribution >= 4 is 11.9 Å². The fourth-order valence-corrected chi connectivity index (χ4v) is 3.76. The van der Waals surface area contributed by atoms with E-state index in [1.165, 1.54) is 18.9 Å². The molecular weight excluding hydrogens is 356 g/mol. The molecule has 2 fully saturated rings. The summed E-state index contributed by atoms with van der Waals surface area (Å²) in [6.45, 7) is 7.63. The van der Waals surface area contributed by atoms with E-state index in [-0.39, 0.29) is 11.7 Å². The van der Waals surface area contributed by atoms with Crippen molar-refractivity contribution in [3.8, 4) is 11.3 Å². The van der Waals surface area contributed by atoms with Crippen molar-refractivity contribution < 1.29 is 4.74 Å². The van der Waals surface area contributed by atoms with E-state index in [4.69, 9.17) is 4.74 Å². The Morgan fingerprint density at radius 3 is 2.82 bits per heavy atom. The highest BCUT2D eigenvalue weighted by Crippen LogP contribution is 2.24. The molecule has 1 atom stereocenters. The number of piperidine rings is 1. The molecule has 4 heterocycles. The molecule has 8 heteroatoms. The molecule has 2 aromatic heterocycles. The molecule has 0 bridgehead atoms. The van der Waals surface area contributed by atoms with Gasteiger partial charge >= 0.3 is 0 Å². The quantitative estimate of drug-likeness (QED) is 0.817. The Kier molecular flexibility index (Phi) is 5.57. The van der Waals surface area contributed by atoms with Crippen LogP contribution >= 0.6 is 0 Å². The maximum atomic E-state index is 12.1. The second-order valence-corrected chi connectivity index (χ2v) is 7.83. The van der Waals surface area contributed by atoms with Crippen molar-refractivity contribution in [1.82, 2.24) is 19.9 Å². The van der Waals surface area contributed by atoms with Gasteiger partial charge in [0.05, 0.1) is 17.5 Å². The van der Waals surface area contributed by atoms with Crippen LogP contribution in [-0.4, -0.2) is 52.3 Å². The summed E-state index contributed by atoms with van der Waals surface area (Å²) in [5.74, 6) is 1.97. The van der Waals surface area contributed by atoms with E-state index in [0.29, 0.717) is 18.2 Å². The van der Waals surface area contributed by atoms with Gasteiger partial charge in [-0.2, -0.15) is 0 Å². The van der Waals surface area contributed by atoms with Crippen LogP contribution in [0.15, 0.2) is 17.1 Å². The highest BCUT2D eigenvalue weighted by atomic mass is 16.5. The van der Waals surface area contributed by atoms with Gasteiger partial charge < -0.3 is 15.0 Å². The SMILES string of the molecule is Cc1nc(N2CCC(C)CC2)ncc1-c1cc(=O)[nH]c(NC[C@H]2CCCO2)n1. The lowest BCUT2D eigenvalue weighted by Gasteiger charge is -2.30. The molecule has 2 saturated heterocycles. The van der Waals surface area contributed by atoms with Crippen molar-refractivity contribution in [2.75, 3.05) is 36.5 Å². The number of anilines is 2. The number of hydrogen-bond donors (Lipinski definition) is 2. The fraction of sp³-hybridized carbons (Fsp3) is 0.600. The lowest BCUT2D eigenvalue weighted by Crippen LogP contribution is -2.34. The summed E-state index contributed by atoms with van der Waals surface area (Å²) in [6.07, 6.45) is 6.39. The van der Waals surface area contributed by atoms with Crippen molar-refractivity contribution in [3.05, 3.63) is 28.3 Å². The summed E-state index contributed by atoms with van der Waals surface area (Å²) in [7, 11) is 0. The van der Waals surface area contributed by atoms with Crippen molar-refractivity contribution in [1.29, 1.82) is 0 Å². The Hall–Kier alpha value is -2.48. The third-order valence-electron chi connectivity index (χ3n) is 5.57. The maximum absolute atomic E-state index is 12.1. The van der Waals surface area contributed by atoms with Crippen LogP contribution < -0.4 is 15.8 Å². The standard InChI is InChI=1S/C20H28N6O2/c1-13-5-7-26(8-6-13)20-22-12-16(14(2)23-20)17-10-18(27)25-19(24-17)21-11-15-4-3-9-28-15/h10,12-13,15H,3-9,11H2,1-2H3,(H2,21,24,25,27)/t15-/m1/s1. The Morgan fingerprint density at radius 1 is 1.29 bits per heavy atom. The van der Waals surface area contributed by atoms with Gasteiger partial charge in [0.15, 0.2) is 0 Å². The molecule has 4 rings (SSSR count). The molecule has 0 aliphatic carbocycles. The predicted octanol–water partition coefficient (Wildman–Crippen LogP) is 2.36. The molecule has 150 valence electrons. The van der Waals surface area contributed by atoms with Gasteiger partial charge in [0, 0.05) is 44.1 Å². The average molecular weight is 384 g/mol. The topological polar surface area (TPSA) is 96.0 Å². The summed E-state index contributed by atoms with van der Waals surface area (Å²) >= 11 is 0. The molecule has 8 nitrogen and oxygen atoms in total. The van der Waals surface area contributed by atoms with E-state index in [0.717, 1.165) is 55.7 Å². The van der Waals surface area contributed by atoms with E-state index in [1.807, 2.05) is 6.92 Å². The molecular formula is C20H28N6O2. The highest BCUT2D eigenvalue weighted by molar-refractivity contribution is 5.62. The van der Waals surface area contributed by atoms with Crippen LogP contribution in [0.2, 0.25) is 0 Å². The third-order valence-corrected chi connectivity index (χ3v) is 5.57. The summed E-state index contributed by atoms with van der Waals surface area (Å²) in [4.78, 5) is 30.9. The number of aryl methyl sites for hydroxylation is 1. The number of rotatable bonds is 5. The van der Waals surface area contributed by atoms with E-state index < -0.39 is 0 Å². The predicted molar refractivity (Wildman–Crippen MR) is 109 cm³/mol. The molecule has 0 saturated carbocycles. The number of aromatic nitrogens is 4. The van der Waals surface area contributed by atoms with Gasteiger partial charge in [-0.1, -0.05) is 6.92 Å². The summed E-state index contributed by atoms with van der Waals surface area (Å²) < 4.78 is 5.61. The zero-order chi connectivity index (χ0) is 19.5. The minimum Gasteiger partial charge on any atom is -0.376 e. The number of ether oxygens (including phenoxy) is 1.